The minimum Gasteiger partial charge on any atom is -0.394 e. The number of morpholine rings is 1. The molecule has 0 aliphatic carbocycles. The van der Waals surface area contributed by atoms with Crippen molar-refractivity contribution in [3.63, 3.8) is 0 Å². The molecule has 7 nitrogen and oxygen atoms in total. The summed E-state index contributed by atoms with van der Waals surface area (Å²) >= 11 is 0. The van der Waals surface area contributed by atoms with E-state index in [4.69, 9.17) is 15.7 Å². The van der Waals surface area contributed by atoms with Crippen molar-refractivity contribution in [1.82, 2.24) is 9.88 Å². The van der Waals surface area contributed by atoms with Gasteiger partial charge in [0.25, 0.3) is 5.91 Å². The maximum absolute atomic E-state index is 12.5. The highest BCUT2D eigenvalue weighted by Gasteiger charge is 2.31. The Morgan fingerprint density at radius 1 is 1.74 bits per heavy atom. The lowest BCUT2D eigenvalue weighted by atomic mass is 10.1. The number of hydrogen-bond acceptors (Lipinski definition) is 6. The minimum absolute atomic E-state index is 0.0545. The Morgan fingerprint density at radius 3 is 3.21 bits per heavy atom. The Morgan fingerprint density at radius 2 is 2.53 bits per heavy atom. The highest BCUT2D eigenvalue weighted by molar-refractivity contribution is 5.98. The average molecular weight is 266 g/mol. The van der Waals surface area contributed by atoms with E-state index in [1.165, 1.54) is 0 Å². The first-order valence-electron chi connectivity index (χ1n) is 6.12. The third kappa shape index (κ3) is 2.83. The van der Waals surface area contributed by atoms with Gasteiger partial charge in [0.1, 0.15) is 0 Å². The number of aliphatic hydroxyl groups is 1. The summed E-state index contributed by atoms with van der Waals surface area (Å²) in [7, 11) is 0. The zero-order valence-electron chi connectivity index (χ0n) is 10.7. The number of nitrogens with one attached hydrogen (secondary N) is 1. The van der Waals surface area contributed by atoms with Gasteiger partial charge in [0, 0.05) is 12.7 Å². The molecule has 1 aliphatic rings. The van der Waals surface area contributed by atoms with Crippen LogP contribution >= 0.6 is 0 Å². The number of aliphatic hydroxyl groups excluding tert-OH is 1. The summed E-state index contributed by atoms with van der Waals surface area (Å²) in [6, 6.07) is 3.30. The van der Waals surface area contributed by atoms with Gasteiger partial charge in [0.2, 0.25) is 0 Å². The van der Waals surface area contributed by atoms with E-state index in [-0.39, 0.29) is 24.7 Å². The Balaban J connectivity index is 2.22. The Labute approximate surface area is 111 Å². The summed E-state index contributed by atoms with van der Waals surface area (Å²) in [5.41, 5.74) is 2.83. The van der Waals surface area contributed by atoms with E-state index in [9.17, 15) is 4.79 Å². The zero-order valence-corrected chi connectivity index (χ0v) is 10.7. The Hall–Kier alpha value is -1.70. The van der Waals surface area contributed by atoms with Crippen LogP contribution in [0.1, 0.15) is 17.3 Å². The highest BCUT2D eigenvalue weighted by atomic mass is 16.5. The number of carbonyl (C=O) groups is 1. The summed E-state index contributed by atoms with van der Waals surface area (Å²) in [5.74, 6) is 5.53. The molecule has 1 saturated heterocycles. The fourth-order valence-electron chi connectivity index (χ4n) is 2.06. The molecule has 4 N–H and O–H groups in total. The number of hydrazine groups is 1. The van der Waals surface area contributed by atoms with Crippen molar-refractivity contribution in [3.05, 3.63) is 23.9 Å². The molecule has 0 radical (unpaired) electrons. The van der Waals surface area contributed by atoms with Crippen molar-refractivity contribution in [2.45, 2.75) is 19.1 Å². The molecule has 2 heterocycles. The largest absolute Gasteiger partial charge is 0.394 e. The third-order valence-corrected chi connectivity index (χ3v) is 3.14. The monoisotopic (exact) mass is 266 g/mol. The number of pyridine rings is 1. The first kappa shape index (κ1) is 13.7. The standard InChI is InChI=1S/C12H18N4O3/c1-8-7-19-9(6-17)5-16(8)12(18)10-3-2-4-14-11(10)15-13/h2-4,8-9,17H,5-7,13H2,1H3,(H,14,15). The average Bonchev–Trinajstić information content (AvgIpc) is 2.47. The number of nitrogen functional groups attached to an aromatic ring is 1. The molecule has 1 aromatic heterocycles. The number of amides is 1. The predicted octanol–water partition coefficient (Wildman–Crippen LogP) is -0.411. The van der Waals surface area contributed by atoms with Gasteiger partial charge in [-0.25, -0.2) is 10.8 Å². The summed E-state index contributed by atoms with van der Waals surface area (Å²) < 4.78 is 5.41. The van der Waals surface area contributed by atoms with Gasteiger partial charge >= 0.3 is 0 Å². The number of nitrogens with two attached hydrogens (primary N) is 1. The van der Waals surface area contributed by atoms with Gasteiger partial charge in [-0.3, -0.25) is 4.79 Å². The Bertz CT molecular complexity index is 454. The lowest BCUT2D eigenvalue weighted by Gasteiger charge is -2.37. The van der Waals surface area contributed by atoms with Crippen LogP contribution in [-0.4, -0.2) is 52.8 Å². The van der Waals surface area contributed by atoms with Gasteiger partial charge < -0.3 is 20.2 Å². The molecule has 104 valence electrons. The van der Waals surface area contributed by atoms with Crippen molar-refractivity contribution in [3.8, 4) is 0 Å². The lowest BCUT2D eigenvalue weighted by molar-refractivity contribution is -0.0667. The van der Waals surface area contributed by atoms with E-state index in [1.54, 1.807) is 23.2 Å². The van der Waals surface area contributed by atoms with E-state index in [1.807, 2.05) is 6.92 Å². The van der Waals surface area contributed by atoms with Crippen LogP contribution in [0.2, 0.25) is 0 Å². The lowest BCUT2D eigenvalue weighted by Crippen LogP contribution is -2.52. The third-order valence-electron chi connectivity index (χ3n) is 3.14. The second-order valence-electron chi connectivity index (χ2n) is 4.49. The topological polar surface area (TPSA) is 101 Å². The van der Waals surface area contributed by atoms with Crippen LogP contribution in [0.15, 0.2) is 18.3 Å². The second-order valence-corrected chi connectivity index (χ2v) is 4.49. The van der Waals surface area contributed by atoms with Gasteiger partial charge in [0.05, 0.1) is 30.9 Å². The molecule has 0 aromatic carbocycles. The normalized spacial score (nSPS) is 23.2. The summed E-state index contributed by atoms with van der Waals surface area (Å²) in [6.07, 6.45) is 1.22. The zero-order chi connectivity index (χ0) is 13.8. The summed E-state index contributed by atoms with van der Waals surface area (Å²) in [5, 5.41) is 9.14. The van der Waals surface area contributed by atoms with Crippen LogP contribution in [-0.2, 0) is 4.74 Å². The quantitative estimate of drug-likeness (QED) is 0.508. The smallest absolute Gasteiger partial charge is 0.258 e. The predicted molar refractivity (Wildman–Crippen MR) is 69.4 cm³/mol. The Kier molecular flexibility index (Phi) is 4.31. The summed E-state index contributed by atoms with van der Waals surface area (Å²) in [6.45, 7) is 2.56. The van der Waals surface area contributed by atoms with E-state index < -0.39 is 0 Å². The van der Waals surface area contributed by atoms with Gasteiger partial charge in [-0.2, -0.15) is 0 Å². The van der Waals surface area contributed by atoms with E-state index in [0.29, 0.717) is 24.5 Å². The first-order valence-corrected chi connectivity index (χ1v) is 6.12. The molecule has 1 aliphatic heterocycles. The van der Waals surface area contributed by atoms with Crippen molar-refractivity contribution in [1.29, 1.82) is 0 Å². The highest BCUT2D eigenvalue weighted by Crippen LogP contribution is 2.18. The van der Waals surface area contributed by atoms with Crippen LogP contribution in [0.4, 0.5) is 5.82 Å². The molecule has 0 bridgehead atoms. The van der Waals surface area contributed by atoms with Crippen LogP contribution in [0.5, 0.6) is 0 Å². The number of anilines is 1. The van der Waals surface area contributed by atoms with E-state index in [0.717, 1.165) is 0 Å². The molecule has 19 heavy (non-hydrogen) atoms. The van der Waals surface area contributed by atoms with Crippen LogP contribution in [0, 0.1) is 0 Å². The SMILES string of the molecule is CC1COC(CO)CN1C(=O)c1cccnc1NN. The summed E-state index contributed by atoms with van der Waals surface area (Å²) in [4.78, 5) is 18.2. The van der Waals surface area contributed by atoms with Crippen molar-refractivity contribution in [2.75, 3.05) is 25.2 Å². The molecule has 1 amide bonds. The molecular formula is C12H18N4O3. The second kappa shape index (κ2) is 5.96. The number of ether oxygens (including phenoxy) is 1. The number of rotatable bonds is 3. The minimum atomic E-state index is -0.342. The van der Waals surface area contributed by atoms with Gasteiger partial charge in [-0.15, -0.1) is 0 Å². The molecule has 2 atom stereocenters. The van der Waals surface area contributed by atoms with E-state index in [2.05, 4.69) is 10.4 Å². The molecule has 0 spiro atoms. The van der Waals surface area contributed by atoms with Crippen LogP contribution in [0.25, 0.3) is 0 Å². The van der Waals surface area contributed by atoms with Crippen LogP contribution in [0.3, 0.4) is 0 Å². The van der Waals surface area contributed by atoms with Crippen molar-refractivity contribution < 1.29 is 14.6 Å². The number of carbonyl (C=O) groups excluding carboxylic acids is 1. The molecule has 7 heteroatoms. The number of nitrogens with zero attached hydrogens (tertiary/aromatic N) is 2. The fraction of sp³-hybridized carbons (Fsp3) is 0.500. The van der Waals surface area contributed by atoms with Gasteiger partial charge in [-0.05, 0) is 19.1 Å². The molecule has 0 saturated carbocycles. The van der Waals surface area contributed by atoms with Crippen molar-refractivity contribution in [2.24, 2.45) is 5.84 Å². The molecular weight excluding hydrogens is 248 g/mol. The van der Waals surface area contributed by atoms with Gasteiger partial charge in [-0.1, -0.05) is 0 Å². The fourth-order valence-corrected chi connectivity index (χ4v) is 2.06. The van der Waals surface area contributed by atoms with Crippen LogP contribution < -0.4 is 11.3 Å². The molecule has 2 rings (SSSR count). The molecule has 2 unspecified atom stereocenters. The van der Waals surface area contributed by atoms with Gasteiger partial charge in [0.15, 0.2) is 5.82 Å². The number of hydrogen-bond donors (Lipinski definition) is 3. The maximum Gasteiger partial charge on any atom is 0.258 e. The molecule has 1 aromatic rings. The first-order chi connectivity index (χ1) is 9.17. The van der Waals surface area contributed by atoms with E-state index >= 15 is 0 Å². The van der Waals surface area contributed by atoms with Crippen molar-refractivity contribution >= 4 is 11.7 Å². The molecule has 1 fully saturated rings. The maximum atomic E-state index is 12.5. The number of aromatic nitrogens is 1.